The molecule has 0 spiro atoms. The van der Waals surface area contributed by atoms with Crippen molar-refractivity contribution in [3.63, 3.8) is 0 Å². The van der Waals surface area contributed by atoms with Gasteiger partial charge in [0.1, 0.15) is 0 Å². The Hall–Kier alpha value is -0.650. The average Bonchev–Trinajstić information content (AvgIpc) is 2.86. The number of hydrogen-bond acceptors (Lipinski definition) is 4. The molecule has 0 bridgehead atoms. The van der Waals surface area contributed by atoms with E-state index in [-0.39, 0.29) is 5.91 Å². The third-order valence-electron chi connectivity index (χ3n) is 3.99. The summed E-state index contributed by atoms with van der Waals surface area (Å²) in [5, 5.41) is 2.83. The van der Waals surface area contributed by atoms with Crippen molar-refractivity contribution in [1.29, 1.82) is 0 Å². The monoisotopic (exact) mass is 254 g/mol. The lowest BCUT2D eigenvalue weighted by molar-refractivity contribution is -0.122. The quantitative estimate of drug-likeness (QED) is 0.702. The molecule has 3 N–H and O–H groups in total. The van der Waals surface area contributed by atoms with Crippen molar-refractivity contribution in [2.24, 2.45) is 5.73 Å². The van der Waals surface area contributed by atoms with Crippen LogP contribution in [-0.2, 0) is 4.79 Å². The molecule has 104 valence electrons. The molecule has 0 aromatic heterocycles. The van der Waals surface area contributed by atoms with Crippen LogP contribution in [0.1, 0.15) is 25.7 Å². The molecule has 1 atom stereocenters. The first-order valence-corrected chi connectivity index (χ1v) is 7.23. The molecule has 5 nitrogen and oxygen atoms in total. The zero-order chi connectivity index (χ0) is 12.8. The Morgan fingerprint density at radius 2 is 2.00 bits per heavy atom. The van der Waals surface area contributed by atoms with Crippen molar-refractivity contribution < 1.29 is 4.79 Å². The molecule has 2 saturated heterocycles. The van der Waals surface area contributed by atoms with Crippen molar-refractivity contribution in [3.8, 4) is 0 Å². The van der Waals surface area contributed by atoms with Gasteiger partial charge in [-0.2, -0.15) is 0 Å². The Morgan fingerprint density at radius 3 is 2.72 bits per heavy atom. The van der Waals surface area contributed by atoms with Gasteiger partial charge in [-0.15, -0.1) is 0 Å². The SMILES string of the molecule is NCCNC(=O)CN1CCC(N2CCCCC2)C1. The zero-order valence-electron chi connectivity index (χ0n) is 11.2. The standard InChI is InChI=1S/C13H26N4O/c14-5-6-15-13(18)11-16-9-4-12(10-16)17-7-2-1-3-8-17/h12H,1-11,14H2,(H,15,18). The molecule has 0 saturated carbocycles. The minimum atomic E-state index is 0.111. The van der Waals surface area contributed by atoms with E-state index in [2.05, 4.69) is 15.1 Å². The molecule has 2 fully saturated rings. The summed E-state index contributed by atoms with van der Waals surface area (Å²) in [7, 11) is 0. The summed E-state index contributed by atoms with van der Waals surface area (Å²) in [5.74, 6) is 0.111. The Kier molecular flexibility index (Phi) is 5.41. The van der Waals surface area contributed by atoms with Crippen LogP contribution in [0.4, 0.5) is 0 Å². The fraction of sp³-hybridized carbons (Fsp3) is 0.923. The molecule has 2 aliphatic heterocycles. The van der Waals surface area contributed by atoms with Crippen molar-refractivity contribution >= 4 is 5.91 Å². The highest BCUT2D eigenvalue weighted by atomic mass is 16.2. The first kappa shape index (κ1) is 13.8. The van der Waals surface area contributed by atoms with Gasteiger partial charge in [0.15, 0.2) is 0 Å². The third-order valence-corrected chi connectivity index (χ3v) is 3.99. The maximum atomic E-state index is 11.6. The largest absolute Gasteiger partial charge is 0.354 e. The number of piperidine rings is 1. The van der Waals surface area contributed by atoms with E-state index in [9.17, 15) is 4.79 Å². The van der Waals surface area contributed by atoms with E-state index in [0.717, 1.165) is 13.1 Å². The molecule has 2 rings (SSSR count). The number of hydrogen-bond donors (Lipinski definition) is 2. The summed E-state index contributed by atoms with van der Waals surface area (Å²) >= 11 is 0. The van der Waals surface area contributed by atoms with Crippen LogP contribution in [0, 0.1) is 0 Å². The number of likely N-dealkylation sites (tertiary alicyclic amines) is 2. The predicted molar refractivity (Wildman–Crippen MR) is 72.3 cm³/mol. The predicted octanol–water partition coefficient (Wildman–Crippen LogP) is -0.378. The molecule has 18 heavy (non-hydrogen) atoms. The van der Waals surface area contributed by atoms with Crippen LogP contribution in [0.2, 0.25) is 0 Å². The number of carbonyl (C=O) groups is 1. The van der Waals surface area contributed by atoms with Crippen molar-refractivity contribution in [3.05, 3.63) is 0 Å². The zero-order valence-corrected chi connectivity index (χ0v) is 11.2. The van der Waals surface area contributed by atoms with Crippen molar-refractivity contribution in [1.82, 2.24) is 15.1 Å². The summed E-state index contributed by atoms with van der Waals surface area (Å²) in [4.78, 5) is 16.5. The minimum absolute atomic E-state index is 0.111. The van der Waals surface area contributed by atoms with Crippen LogP contribution >= 0.6 is 0 Å². The van der Waals surface area contributed by atoms with Crippen LogP contribution in [0.3, 0.4) is 0 Å². The number of amides is 1. The van der Waals surface area contributed by atoms with E-state index >= 15 is 0 Å². The van der Waals surface area contributed by atoms with Gasteiger partial charge < -0.3 is 11.1 Å². The smallest absolute Gasteiger partial charge is 0.234 e. The first-order valence-electron chi connectivity index (χ1n) is 7.23. The number of nitrogens with one attached hydrogen (secondary N) is 1. The summed E-state index contributed by atoms with van der Waals surface area (Å²) in [6, 6.07) is 0.674. The van der Waals surface area contributed by atoms with E-state index in [1.54, 1.807) is 0 Å². The Morgan fingerprint density at radius 1 is 1.22 bits per heavy atom. The highest BCUT2D eigenvalue weighted by Gasteiger charge is 2.29. The van der Waals surface area contributed by atoms with Crippen LogP contribution in [-0.4, -0.2) is 67.6 Å². The van der Waals surface area contributed by atoms with Crippen LogP contribution in [0.15, 0.2) is 0 Å². The van der Waals surface area contributed by atoms with E-state index in [1.165, 1.54) is 38.8 Å². The third kappa shape index (κ3) is 3.93. The van der Waals surface area contributed by atoms with Crippen molar-refractivity contribution in [2.45, 2.75) is 31.7 Å². The van der Waals surface area contributed by atoms with Crippen LogP contribution in [0.25, 0.3) is 0 Å². The van der Waals surface area contributed by atoms with Gasteiger partial charge in [-0.3, -0.25) is 14.6 Å². The van der Waals surface area contributed by atoms with Crippen molar-refractivity contribution in [2.75, 3.05) is 45.8 Å². The van der Waals surface area contributed by atoms with Gasteiger partial charge in [-0.05, 0) is 32.4 Å². The Labute approximate surface area is 110 Å². The maximum Gasteiger partial charge on any atom is 0.234 e. The fourth-order valence-electron chi connectivity index (χ4n) is 3.01. The molecule has 1 amide bonds. The summed E-state index contributed by atoms with van der Waals surface area (Å²) in [6.07, 6.45) is 5.28. The molecule has 1 unspecified atom stereocenters. The normalized spacial score (nSPS) is 26.4. The lowest BCUT2D eigenvalue weighted by Gasteiger charge is -2.32. The molecular weight excluding hydrogens is 228 g/mol. The van der Waals surface area contributed by atoms with Gasteiger partial charge >= 0.3 is 0 Å². The van der Waals surface area contributed by atoms with E-state index in [4.69, 9.17) is 5.73 Å². The van der Waals surface area contributed by atoms with E-state index in [0.29, 0.717) is 25.7 Å². The summed E-state index contributed by atoms with van der Waals surface area (Å²) in [5.41, 5.74) is 5.37. The number of rotatable bonds is 5. The molecule has 5 heteroatoms. The molecule has 0 radical (unpaired) electrons. The lowest BCUT2D eigenvalue weighted by atomic mass is 10.1. The molecule has 2 aliphatic rings. The Bertz CT molecular complexity index is 266. The number of carbonyl (C=O) groups excluding carboxylic acids is 1. The topological polar surface area (TPSA) is 61.6 Å². The summed E-state index contributed by atoms with van der Waals surface area (Å²) in [6.45, 7) is 6.23. The lowest BCUT2D eigenvalue weighted by Crippen LogP contribution is -2.42. The minimum Gasteiger partial charge on any atom is -0.354 e. The van der Waals surface area contributed by atoms with Gasteiger partial charge in [0.2, 0.25) is 5.91 Å². The number of nitrogens with two attached hydrogens (primary N) is 1. The van der Waals surface area contributed by atoms with Gasteiger partial charge in [0.25, 0.3) is 0 Å². The van der Waals surface area contributed by atoms with Gasteiger partial charge in [0.05, 0.1) is 6.54 Å². The van der Waals surface area contributed by atoms with Gasteiger partial charge in [-0.25, -0.2) is 0 Å². The van der Waals surface area contributed by atoms with E-state index < -0.39 is 0 Å². The molecule has 2 heterocycles. The fourth-order valence-corrected chi connectivity index (χ4v) is 3.01. The van der Waals surface area contributed by atoms with Gasteiger partial charge in [0, 0.05) is 32.2 Å². The maximum absolute atomic E-state index is 11.6. The molecule has 0 aliphatic carbocycles. The molecule has 0 aromatic rings. The van der Waals surface area contributed by atoms with E-state index in [1.807, 2.05) is 0 Å². The van der Waals surface area contributed by atoms with Crippen LogP contribution in [0.5, 0.6) is 0 Å². The first-order chi connectivity index (χ1) is 8.79. The summed E-state index contributed by atoms with van der Waals surface area (Å²) < 4.78 is 0. The second kappa shape index (κ2) is 7.07. The Balaban J connectivity index is 1.69. The van der Waals surface area contributed by atoms with Gasteiger partial charge in [-0.1, -0.05) is 6.42 Å². The second-order valence-electron chi connectivity index (χ2n) is 5.41. The second-order valence-corrected chi connectivity index (χ2v) is 5.41. The molecule has 0 aromatic carbocycles. The average molecular weight is 254 g/mol. The highest BCUT2D eigenvalue weighted by molar-refractivity contribution is 5.78. The number of nitrogens with zero attached hydrogens (tertiary/aromatic N) is 2. The molecular formula is C13H26N4O. The highest BCUT2D eigenvalue weighted by Crippen LogP contribution is 2.19. The van der Waals surface area contributed by atoms with Crippen LogP contribution < -0.4 is 11.1 Å².